The lowest BCUT2D eigenvalue weighted by Crippen LogP contribution is -2.53. The second-order valence-electron chi connectivity index (χ2n) is 8.04. The molecule has 2 amide bonds. The smallest absolute Gasteiger partial charge is 0.286 e. The molecule has 0 aliphatic carbocycles. The fourth-order valence-corrected chi connectivity index (χ4v) is 4.63. The Morgan fingerprint density at radius 1 is 1.09 bits per heavy atom. The van der Waals surface area contributed by atoms with Crippen LogP contribution in [0.15, 0.2) is 54.6 Å². The van der Waals surface area contributed by atoms with Crippen LogP contribution in [0.1, 0.15) is 33.7 Å². The molecule has 4 rings (SSSR count). The number of anilines is 2. The molecule has 2 aromatic carbocycles. The molecule has 1 saturated heterocycles. The predicted octanol–water partition coefficient (Wildman–Crippen LogP) is 3.77. The van der Waals surface area contributed by atoms with Gasteiger partial charge in [0.1, 0.15) is 5.01 Å². The molecule has 0 spiro atoms. The average molecular weight is 450 g/mol. The van der Waals surface area contributed by atoms with Crippen molar-refractivity contribution < 1.29 is 9.59 Å². The fraction of sp³-hybridized carbons (Fsp3) is 0.333. The first-order chi connectivity index (χ1) is 15.5. The highest BCUT2D eigenvalue weighted by atomic mass is 32.1. The molecule has 2 heterocycles. The van der Waals surface area contributed by atoms with Gasteiger partial charge < -0.3 is 15.1 Å². The minimum atomic E-state index is -0.285. The molecule has 3 aromatic rings. The number of piperazine rings is 1. The molecular weight excluding hydrogens is 422 g/mol. The number of nitrogens with zero attached hydrogens (tertiary/aromatic N) is 4. The molecule has 1 aliphatic rings. The van der Waals surface area contributed by atoms with Gasteiger partial charge in [-0.3, -0.25) is 9.59 Å². The molecule has 32 heavy (non-hydrogen) atoms. The van der Waals surface area contributed by atoms with E-state index in [0.29, 0.717) is 41.6 Å². The van der Waals surface area contributed by atoms with E-state index < -0.39 is 0 Å². The van der Waals surface area contributed by atoms with Gasteiger partial charge in [0.2, 0.25) is 10.9 Å². The first-order valence-corrected chi connectivity index (χ1v) is 11.6. The van der Waals surface area contributed by atoms with E-state index in [4.69, 9.17) is 0 Å². The molecule has 0 bridgehead atoms. The third-order valence-electron chi connectivity index (χ3n) is 5.56. The van der Waals surface area contributed by atoms with Crippen molar-refractivity contribution in [3.63, 3.8) is 0 Å². The highest BCUT2D eigenvalue weighted by molar-refractivity contribution is 7.13. The van der Waals surface area contributed by atoms with Crippen LogP contribution in [-0.4, -0.2) is 52.6 Å². The first-order valence-electron chi connectivity index (χ1n) is 10.8. The van der Waals surface area contributed by atoms with E-state index in [1.54, 1.807) is 0 Å². The molecule has 1 N–H and O–H groups in total. The quantitative estimate of drug-likeness (QED) is 0.620. The second-order valence-corrected chi connectivity index (χ2v) is 9.10. The summed E-state index contributed by atoms with van der Waals surface area (Å²) in [6, 6.07) is 18.0. The van der Waals surface area contributed by atoms with Crippen LogP contribution in [-0.2, 0) is 11.2 Å². The second kappa shape index (κ2) is 9.91. The van der Waals surface area contributed by atoms with Gasteiger partial charge in [-0.1, -0.05) is 41.7 Å². The molecule has 1 atom stereocenters. The first kappa shape index (κ1) is 22.0. The van der Waals surface area contributed by atoms with E-state index in [1.165, 1.54) is 22.6 Å². The Hall–Kier alpha value is -3.26. The van der Waals surface area contributed by atoms with E-state index in [0.717, 1.165) is 6.54 Å². The summed E-state index contributed by atoms with van der Waals surface area (Å²) in [7, 11) is 0. The number of aryl methyl sites for hydroxylation is 2. The Kier molecular flexibility index (Phi) is 6.80. The standard InChI is InChI=1S/C24H27N5O2S/c1-17-7-6-10-20(15-17)29-14-13-28(16-18(29)2)22(30)12-11-21-26-27-24(32-21)23(31)25-19-8-4-3-5-9-19/h3-10,15,18H,11-14,16H2,1-2H3,(H,25,31). The largest absolute Gasteiger partial charge is 0.365 e. The maximum absolute atomic E-state index is 12.8. The minimum Gasteiger partial charge on any atom is -0.365 e. The minimum absolute atomic E-state index is 0.117. The number of hydrogen-bond donors (Lipinski definition) is 1. The molecular formula is C24H27N5O2S. The summed E-state index contributed by atoms with van der Waals surface area (Å²) in [6.45, 7) is 6.48. The maximum Gasteiger partial charge on any atom is 0.286 e. The molecule has 0 saturated carbocycles. The van der Waals surface area contributed by atoms with Gasteiger partial charge >= 0.3 is 0 Å². The van der Waals surface area contributed by atoms with Crippen LogP contribution in [0.5, 0.6) is 0 Å². The third-order valence-corrected chi connectivity index (χ3v) is 6.54. The summed E-state index contributed by atoms with van der Waals surface area (Å²) >= 11 is 1.24. The van der Waals surface area contributed by atoms with E-state index in [-0.39, 0.29) is 17.9 Å². The monoisotopic (exact) mass is 449 g/mol. The van der Waals surface area contributed by atoms with Gasteiger partial charge in [-0.25, -0.2) is 0 Å². The highest BCUT2D eigenvalue weighted by Crippen LogP contribution is 2.22. The summed E-state index contributed by atoms with van der Waals surface area (Å²) in [6.07, 6.45) is 0.855. The lowest BCUT2D eigenvalue weighted by Gasteiger charge is -2.41. The summed E-state index contributed by atoms with van der Waals surface area (Å²) < 4.78 is 0. The van der Waals surface area contributed by atoms with Crippen LogP contribution >= 0.6 is 11.3 Å². The van der Waals surface area contributed by atoms with E-state index in [1.807, 2.05) is 35.2 Å². The number of rotatable bonds is 6. The normalized spacial score (nSPS) is 16.1. The van der Waals surface area contributed by atoms with Gasteiger partial charge in [-0.05, 0) is 43.7 Å². The highest BCUT2D eigenvalue weighted by Gasteiger charge is 2.27. The zero-order valence-electron chi connectivity index (χ0n) is 18.3. The van der Waals surface area contributed by atoms with Gasteiger partial charge in [0.25, 0.3) is 5.91 Å². The molecule has 1 aliphatic heterocycles. The van der Waals surface area contributed by atoms with Crippen LogP contribution in [0, 0.1) is 6.92 Å². The molecule has 1 aromatic heterocycles. The van der Waals surface area contributed by atoms with Crippen LogP contribution in [0.2, 0.25) is 0 Å². The Labute approximate surface area is 192 Å². The summed E-state index contributed by atoms with van der Waals surface area (Å²) in [5, 5.41) is 11.9. The van der Waals surface area contributed by atoms with E-state index in [9.17, 15) is 9.59 Å². The van der Waals surface area contributed by atoms with Gasteiger partial charge in [0, 0.05) is 49.9 Å². The van der Waals surface area contributed by atoms with Gasteiger partial charge in [-0.15, -0.1) is 10.2 Å². The van der Waals surface area contributed by atoms with Crippen LogP contribution in [0.4, 0.5) is 11.4 Å². The van der Waals surface area contributed by atoms with E-state index in [2.05, 4.69) is 58.5 Å². The van der Waals surface area contributed by atoms with Crippen LogP contribution in [0.3, 0.4) is 0 Å². The van der Waals surface area contributed by atoms with Crippen molar-refractivity contribution in [3.8, 4) is 0 Å². The Morgan fingerprint density at radius 2 is 1.91 bits per heavy atom. The van der Waals surface area contributed by atoms with Gasteiger partial charge in [-0.2, -0.15) is 0 Å². The lowest BCUT2D eigenvalue weighted by molar-refractivity contribution is -0.131. The number of benzene rings is 2. The van der Waals surface area contributed by atoms with Crippen molar-refractivity contribution in [1.29, 1.82) is 0 Å². The number of aromatic nitrogens is 2. The maximum atomic E-state index is 12.8. The summed E-state index contributed by atoms with van der Waals surface area (Å²) in [5.41, 5.74) is 3.16. The van der Waals surface area contributed by atoms with Crippen molar-refractivity contribution >= 4 is 34.5 Å². The Bertz CT molecular complexity index is 1080. The number of carbonyl (C=O) groups excluding carboxylic acids is 2. The molecule has 1 unspecified atom stereocenters. The van der Waals surface area contributed by atoms with Gasteiger partial charge in [0.15, 0.2) is 0 Å². The lowest BCUT2D eigenvalue weighted by atomic mass is 10.1. The number of carbonyl (C=O) groups is 2. The SMILES string of the molecule is Cc1cccc(N2CCN(C(=O)CCc3nnc(C(=O)Nc4ccccc4)s3)CC2C)c1. The van der Waals surface area contributed by atoms with Crippen molar-refractivity contribution in [1.82, 2.24) is 15.1 Å². The number of amides is 2. The average Bonchev–Trinajstić information content (AvgIpc) is 3.27. The van der Waals surface area contributed by atoms with Crippen LogP contribution < -0.4 is 10.2 Å². The molecule has 1 fully saturated rings. The van der Waals surface area contributed by atoms with Crippen molar-refractivity contribution in [2.45, 2.75) is 32.7 Å². The summed E-state index contributed by atoms with van der Waals surface area (Å²) in [4.78, 5) is 29.4. The Morgan fingerprint density at radius 3 is 2.66 bits per heavy atom. The summed E-state index contributed by atoms with van der Waals surface area (Å²) in [5.74, 6) is -0.168. The fourth-order valence-electron chi connectivity index (χ4n) is 3.90. The molecule has 0 radical (unpaired) electrons. The van der Waals surface area contributed by atoms with Gasteiger partial charge in [0.05, 0.1) is 0 Å². The number of nitrogens with one attached hydrogen (secondary N) is 1. The van der Waals surface area contributed by atoms with Crippen molar-refractivity contribution in [3.05, 3.63) is 70.2 Å². The number of hydrogen-bond acceptors (Lipinski definition) is 6. The van der Waals surface area contributed by atoms with Crippen LogP contribution in [0.25, 0.3) is 0 Å². The van der Waals surface area contributed by atoms with Crippen molar-refractivity contribution in [2.75, 3.05) is 29.9 Å². The zero-order chi connectivity index (χ0) is 22.5. The zero-order valence-corrected chi connectivity index (χ0v) is 19.1. The Balaban J connectivity index is 1.28. The predicted molar refractivity (Wildman–Crippen MR) is 127 cm³/mol. The topological polar surface area (TPSA) is 78.4 Å². The molecule has 7 nitrogen and oxygen atoms in total. The molecule has 166 valence electrons. The molecule has 8 heteroatoms. The van der Waals surface area contributed by atoms with Crippen molar-refractivity contribution in [2.24, 2.45) is 0 Å². The van der Waals surface area contributed by atoms with E-state index >= 15 is 0 Å². The third kappa shape index (κ3) is 5.31. The number of para-hydroxylation sites is 1.